The number of hydrogen-bond acceptors (Lipinski definition) is 3. The SMILES string of the molecule is O=C(C[NH+]1CCC(Cc2ccccc2)CC1)NC(=O)NCc1ccco1. The fourth-order valence-corrected chi connectivity index (χ4v) is 3.44. The van der Waals surface area contributed by atoms with Crippen LogP contribution in [0.5, 0.6) is 0 Å². The zero-order valence-electron chi connectivity index (χ0n) is 14.9. The van der Waals surface area contributed by atoms with Crippen LogP contribution in [0.15, 0.2) is 53.1 Å². The Balaban J connectivity index is 1.33. The van der Waals surface area contributed by atoms with E-state index in [4.69, 9.17) is 4.42 Å². The van der Waals surface area contributed by atoms with Crippen molar-refractivity contribution < 1.29 is 18.9 Å². The number of rotatable bonds is 6. The third-order valence-electron chi connectivity index (χ3n) is 4.85. The van der Waals surface area contributed by atoms with Gasteiger partial charge in [0.05, 0.1) is 25.9 Å². The molecule has 1 aliphatic rings. The molecule has 1 fully saturated rings. The van der Waals surface area contributed by atoms with Crippen molar-refractivity contribution in [1.29, 1.82) is 0 Å². The summed E-state index contributed by atoms with van der Waals surface area (Å²) in [4.78, 5) is 25.0. The van der Waals surface area contributed by atoms with Crippen molar-refractivity contribution in [2.45, 2.75) is 25.8 Å². The Bertz CT molecular complexity index is 692. The summed E-state index contributed by atoms with van der Waals surface area (Å²) >= 11 is 0. The van der Waals surface area contributed by atoms with Crippen LogP contribution in [-0.4, -0.2) is 31.6 Å². The minimum atomic E-state index is -0.482. The van der Waals surface area contributed by atoms with E-state index >= 15 is 0 Å². The zero-order chi connectivity index (χ0) is 18.2. The smallest absolute Gasteiger partial charge is 0.321 e. The number of urea groups is 1. The summed E-state index contributed by atoms with van der Waals surface area (Å²) in [7, 11) is 0. The average molecular weight is 356 g/mol. The maximum Gasteiger partial charge on any atom is 0.321 e. The van der Waals surface area contributed by atoms with Gasteiger partial charge in [0.15, 0.2) is 6.54 Å². The Kier molecular flexibility index (Phi) is 6.44. The number of quaternary nitrogens is 1. The second-order valence-electron chi connectivity index (χ2n) is 6.87. The number of hydrogen-bond donors (Lipinski definition) is 3. The van der Waals surface area contributed by atoms with Gasteiger partial charge >= 0.3 is 6.03 Å². The molecule has 0 atom stereocenters. The van der Waals surface area contributed by atoms with Gasteiger partial charge in [-0.2, -0.15) is 0 Å². The molecule has 0 unspecified atom stereocenters. The van der Waals surface area contributed by atoms with Gasteiger partial charge in [0.2, 0.25) is 0 Å². The van der Waals surface area contributed by atoms with Gasteiger partial charge in [0.1, 0.15) is 5.76 Å². The number of amides is 3. The zero-order valence-corrected chi connectivity index (χ0v) is 14.9. The molecular formula is C20H26N3O3+. The number of furan rings is 1. The number of imide groups is 1. The number of likely N-dealkylation sites (tertiary alicyclic amines) is 1. The van der Waals surface area contributed by atoms with E-state index < -0.39 is 6.03 Å². The highest BCUT2D eigenvalue weighted by molar-refractivity contribution is 5.94. The lowest BCUT2D eigenvalue weighted by Crippen LogP contribution is -3.14. The lowest BCUT2D eigenvalue weighted by atomic mass is 9.90. The summed E-state index contributed by atoms with van der Waals surface area (Å²) in [6.45, 7) is 2.55. The van der Waals surface area contributed by atoms with E-state index in [2.05, 4.69) is 34.9 Å². The molecule has 6 heteroatoms. The maximum absolute atomic E-state index is 12.0. The van der Waals surface area contributed by atoms with Gasteiger partial charge in [0, 0.05) is 0 Å². The molecule has 3 amide bonds. The second-order valence-corrected chi connectivity index (χ2v) is 6.87. The molecule has 2 heterocycles. The molecule has 2 aromatic rings. The molecule has 6 nitrogen and oxygen atoms in total. The van der Waals surface area contributed by atoms with Gasteiger partial charge in [-0.3, -0.25) is 10.1 Å². The Morgan fingerprint density at radius 3 is 2.54 bits per heavy atom. The molecule has 1 aromatic carbocycles. The average Bonchev–Trinajstić information content (AvgIpc) is 3.16. The van der Waals surface area contributed by atoms with E-state index in [9.17, 15) is 9.59 Å². The molecule has 26 heavy (non-hydrogen) atoms. The van der Waals surface area contributed by atoms with Crippen LogP contribution in [0.3, 0.4) is 0 Å². The fraction of sp³-hybridized carbons (Fsp3) is 0.400. The van der Waals surface area contributed by atoms with Crippen LogP contribution in [0.25, 0.3) is 0 Å². The first-order chi connectivity index (χ1) is 12.7. The van der Waals surface area contributed by atoms with Gasteiger partial charge in [-0.15, -0.1) is 0 Å². The van der Waals surface area contributed by atoms with E-state index in [0.29, 0.717) is 18.2 Å². The topological polar surface area (TPSA) is 75.8 Å². The third-order valence-corrected chi connectivity index (χ3v) is 4.85. The number of carbonyl (C=O) groups excluding carboxylic acids is 2. The van der Waals surface area contributed by atoms with E-state index in [1.807, 2.05) is 6.07 Å². The minimum Gasteiger partial charge on any atom is -0.467 e. The Morgan fingerprint density at radius 1 is 1.08 bits per heavy atom. The van der Waals surface area contributed by atoms with Crippen molar-refractivity contribution in [2.75, 3.05) is 19.6 Å². The molecule has 0 aliphatic carbocycles. The van der Waals surface area contributed by atoms with Gasteiger partial charge in [-0.25, -0.2) is 4.79 Å². The van der Waals surface area contributed by atoms with Gasteiger partial charge in [-0.1, -0.05) is 30.3 Å². The molecule has 3 rings (SSSR count). The van der Waals surface area contributed by atoms with Crippen LogP contribution < -0.4 is 15.5 Å². The summed E-state index contributed by atoms with van der Waals surface area (Å²) < 4.78 is 5.13. The molecule has 1 aromatic heterocycles. The lowest BCUT2D eigenvalue weighted by molar-refractivity contribution is -0.898. The third kappa shape index (κ3) is 5.74. The van der Waals surface area contributed by atoms with Crippen molar-refractivity contribution in [2.24, 2.45) is 5.92 Å². The van der Waals surface area contributed by atoms with Crippen molar-refractivity contribution >= 4 is 11.9 Å². The van der Waals surface area contributed by atoms with E-state index in [1.54, 1.807) is 18.4 Å². The lowest BCUT2D eigenvalue weighted by Gasteiger charge is -2.28. The number of piperidine rings is 1. The second kappa shape index (κ2) is 9.20. The molecule has 0 spiro atoms. The number of nitrogens with one attached hydrogen (secondary N) is 3. The fourth-order valence-electron chi connectivity index (χ4n) is 3.44. The molecule has 1 aliphatic heterocycles. The summed E-state index contributed by atoms with van der Waals surface area (Å²) in [5, 5.41) is 5.00. The highest BCUT2D eigenvalue weighted by Crippen LogP contribution is 2.16. The standard InChI is InChI=1S/C20H25N3O3/c24-19(22-20(25)21-14-18-7-4-12-26-18)15-23-10-8-17(9-11-23)13-16-5-2-1-3-6-16/h1-7,12,17H,8-11,13-15H2,(H2,21,22,24,25)/p+1. The van der Waals surface area contributed by atoms with Crippen molar-refractivity contribution in [1.82, 2.24) is 10.6 Å². The highest BCUT2D eigenvalue weighted by atomic mass is 16.3. The summed E-state index contributed by atoms with van der Waals surface area (Å²) in [5.41, 5.74) is 1.38. The van der Waals surface area contributed by atoms with Crippen LogP contribution in [0.2, 0.25) is 0 Å². The Morgan fingerprint density at radius 2 is 1.85 bits per heavy atom. The molecule has 0 saturated carbocycles. The van der Waals surface area contributed by atoms with E-state index in [-0.39, 0.29) is 12.5 Å². The van der Waals surface area contributed by atoms with Crippen LogP contribution in [0.1, 0.15) is 24.2 Å². The van der Waals surface area contributed by atoms with Gasteiger partial charge in [0.25, 0.3) is 5.91 Å². The summed E-state index contributed by atoms with van der Waals surface area (Å²) in [6, 6.07) is 13.6. The number of benzene rings is 1. The first-order valence-electron chi connectivity index (χ1n) is 9.16. The van der Waals surface area contributed by atoms with Crippen LogP contribution in [0, 0.1) is 5.92 Å². The normalized spacial score (nSPS) is 19.7. The Hall–Kier alpha value is -2.60. The van der Waals surface area contributed by atoms with Crippen molar-refractivity contribution in [3.05, 3.63) is 60.1 Å². The van der Waals surface area contributed by atoms with E-state index in [1.165, 1.54) is 10.5 Å². The Labute approximate surface area is 153 Å². The van der Waals surface area contributed by atoms with E-state index in [0.717, 1.165) is 32.4 Å². The molecule has 0 bridgehead atoms. The molecular weight excluding hydrogens is 330 g/mol. The van der Waals surface area contributed by atoms with Gasteiger partial charge in [-0.05, 0) is 42.9 Å². The van der Waals surface area contributed by atoms with Crippen LogP contribution >= 0.6 is 0 Å². The molecule has 1 saturated heterocycles. The predicted molar refractivity (Wildman–Crippen MR) is 97.5 cm³/mol. The number of carbonyl (C=O) groups is 2. The molecule has 0 radical (unpaired) electrons. The first-order valence-corrected chi connectivity index (χ1v) is 9.16. The largest absolute Gasteiger partial charge is 0.467 e. The van der Waals surface area contributed by atoms with Gasteiger partial charge < -0.3 is 14.6 Å². The quantitative estimate of drug-likeness (QED) is 0.727. The maximum atomic E-state index is 12.0. The van der Waals surface area contributed by atoms with Crippen molar-refractivity contribution in [3.63, 3.8) is 0 Å². The molecule has 3 N–H and O–H groups in total. The monoisotopic (exact) mass is 356 g/mol. The van der Waals surface area contributed by atoms with Crippen molar-refractivity contribution in [3.8, 4) is 0 Å². The first kappa shape index (κ1) is 18.2. The highest BCUT2D eigenvalue weighted by Gasteiger charge is 2.24. The summed E-state index contributed by atoms with van der Waals surface area (Å²) in [5.74, 6) is 1.10. The predicted octanol–water partition coefficient (Wildman–Crippen LogP) is 1.14. The minimum absolute atomic E-state index is 0.238. The molecule has 138 valence electrons. The van der Waals surface area contributed by atoms with Crippen LogP contribution in [-0.2, 0) is 17.8 Å². The summed E-state index contributed by atoms with van der Waals surface area (Å²) in [6.07, 6.45) is 4.88. The van der Waals surface area contributed by atoms with Crippen LogP contribution in [0.4, 0.5) is 4.79 Å².